The SMILES string of the molecule is O=C1C2C3(CCl)C1C23CCl. The first kappa shape index (κ1) is 5.84. The predicted molar refractivity (Wildman–Crippen MR) is 38.3 cm³/mol. The minimum atomic E-state index is 0.216. The second kappa shape index (κ2) is 1.16. The van der Waals surface area contributed by atoms with E-state index < -0.39 is 0 Å². The van der Waals surface area contributed by atoms with Crippen molar-refractivity contribution >= 4 is 29.0 Å². The maximum atomic E-state index is 10.9. The van der Waals surface area contributed by atoms with E-state index in [1.807, 2.05) is 0 Å². The van der Waals surface area contributed by atoms with E-state index in [4.69, 9.17) is 23.2 Å². The number of rotatable bonds is 2. The third-order valence-electron chi connectivity index (χ3n) is 3.77. The van der Waals surface area contributed by atoms with Gasteiger partial charge in [-0.15, -0.1) is 23.2 Å². The first-order valence-corrected chi connectivity index (χ1v) is 4.50. The molecule has 0 heterocycles. The molecule has 0 aromatic carbocycles. The number of halogens is 2. The molecule has 0 radical (unpaired) electrons. The maximum Gasteiger partial charge on any atom is 0.141 e. The van der Waals surface area contributed by atoms with E-state index in [0.717, 1.165) is 0 Å². The van der Waals surface area contributed by atoms with Gasteiger partial charge in [0.25, 0.3) is 0 Å². The lowest BCUT2D eigenvalue weighted by molar-refractivity contribution is -0.137. The number of hydrogen-bond acceptors (Lipinski definition) is 1. The Labute approximate surface area is 68.7 Å². The van der Waals surface area contributed by atoms with Gasteiger partial charge in [-0.05, 0) is 0 Å². The second-order valence-corrected chi connectivity index (χ2v) is 4.15. The lowest BCUT2D eigenvalue weighted by Crippen LogP contribution is -2.42. The first-order chi connectivity index (χ1) is 4.77. The molecule has 0 aromatic rings. The Kier molecular flexibility index (Phi) is 0.681. The van der Waals surface area contributed by atoms with Crippen molar-refractivity contribution in [3.63, 3.8) is 0 Å². The monoisotopic (exact) mass is 176 g/mol. The van der Waals surface area contributed by atoms with Gasteiger partial charge in [-0.3, -0.25) is 4.79 Å². The molecule has 0 atom stereocenters. The van der Waals surface area contributed by atoms with Crippen LogP contribution in [0.3, 0.4) is 0 Å². The normalized spacial score (nSPS) is 66.8. The number of Topliss-reactive ketones (excluding diaryl/α,β-unsaturated/α-hetero) is 1. The molecule has 0 spiro atoms. The smallest absolute Gasteiger partial charge is 0.141 e. The van der Waals surface area contributed by atoms with Crippen LogP contribution in [0, 0.1) is 22.7 Å². The van der Waals surface area contributed by atoms with Crippen molar-refractivity contribution in [3.05, 3.63) is 0 Å². The molecule has 0 aliphatic heterocycles. The van der Waals surface area contributed by atoms with Crippen LogP contribution in [0.1, 0.15) is 0 Å². The van der Waals surface area contributed by atoms with Gasteiger partial charge in [0, 0.05) is 34.4 Å². The summed E-state index contributed by atoms with van der Waals surface area (Å²) in [6.45, 7) is 0. The molecule has 4 saturated carbocycles. The van der Waals surface area contributed by atoms with Gasteiger partial charge < -0.3 is 0 Å². The van der Waals surface area contributed by atoms with E-state index in [9.17, 15) is 4.79 Å². The molecular weight excluding hydrogens is 171 g/mol. The largest absolute Gasteiger partial charge is 0.299 e. The first-order valence-electron chi connectivity index (χ1n) is 3.43. The number of ketones is 1. The van der Waals surface area contributed by atoms with Crippen LogP contribution in [-0.4, -0.2) is 17.5 Å². The molecule has 0 amide bonds. The Morgan fingerprint density at radius 2 is 1.60 bits per heavy atom. The summed E-state index contributed by atoms with van der Waals surface area (Å²) in [7, 11) is 0. The fourth-order valence-corrected chi connectivity index (χ4v) is 4.20. The standard InChI is InChI=1S/C7H6Cl2O/c8-1-6-4-3(10)5(6)7(4,6)2-9/h4-5H,1-2H2. The molecule has 4 fully saturated rings. The third kappa shape index (κ3) is 0.232. The van der Waals surface area contributed by atoms with E-state index in [-0.39, 0.29) is 22.7 Å². The zero-order chi connectivity index (χ0) is 7.15. The minimum Gasteiger partial charge on any atom is -0.299 e. The van der Waals surface area contributed by atoms with Crippen LogP contribution in [0.5, 0.6) is 0 Å². The van der Waals surface area contributed by atoms with Gasteiger partial charge in [0.15, 0.2) is 0 Å². The molecule has 4 rings (SSSR count). The fourth-order valence-electron chi connectivity index (χ4n) is 3.09. The molecule has 54 valence electrons. The van der Waals surface area contributed by atoms with E-state index in [1.165, 1.54) is 0 Å². The highest BCUT2D eigenvalue weighted by Gasteiger charge is 3.09. The number of carbonyl (C=O) groups is 1. The highest BCUT2D eigenvalue weighted by molar-refractivity contribution is 6.27. The van der Waals surface area contributed by atoms with Gasteiger partial charge in [-0.1, -0.05) is 0 Å². The van der Waals surface area contributed by atoms with Gasteiger partial charge in [0.05, 0.1) is 0 Å². The quantitative estimate of drug-likeness (QED) is 0.580. The Bertz CT molecular complexity index is 216. The number of hydrogen-bond donors (Lipinski definition) is 0. The van der Waals surface area contributed by atoms with Gasteiger partial charge in [-0.2, -0.15) is 0 Å². The molecule has 4 aliphatic rings. The average molecular weight is 177 g/mol. The topological polar surface area (TPSA) is 17.1 Å². The van der Waals surface area contributed by atoms with Crippen molar-refractivity contribution in [1.29, 1.82) is 0 Å². The molecule has 0 aromatic heterocycles. The zero-order valence-corrected chi connectivity index (χ0v) is 6.74. The molecule has 1 nitrogen and oxygen atoms in total. The molecule has 0 unspecified atom stereocenters. The summed E-state index contributed by atoms with van der Waals surface area (Å²) in [5.74, 6) is 2.25. The van der Waals surface area contributed by atoms with E-state index in [2.05, 4.69) is 0 Å². The van der Waals surface area contributed by atoms with Gasteiger partial charge in [0.2, 0.25) is 0 Å². The van der Waals surface area contributed by atoms with Gasteiger partial charge >= 0.3 is 0 Å². The van der Waals surface area contributed by atoms with Crippen molar-refractivity contribution in [2.45, 2.75) is 0 Å². The summed E-state index contributed by atoms with van der Waals surface area (Å²) < 4.78 is 0. The maximum absolute atomic E-state index is 10.9. The number of alkyl halides is 2. The van der Waals surface area contributed by atoms with Crippen LogP contribution in [0.4, 0.5) is 0 Å². The summed E-state index contributed by atoms with van der Waals surface area (Å²) in [6, 6.07) is 0. The van der Waals surface area contributed by atoms with Crippen molar-refractivity contribution in [2.75, 3.05) is 11.8 Å². The summed E-state index contributed by atoms with van der Waals surface area (Å²) >= 11 is 11.5. The van der Waals surface area contributed by atoms with Gasteiger partial charge in [0.1, 0.15) is 5.78 Å². The molecule has 0 N–H and O–H groups in total. The summed E-state index contributed by atoms with van der Waals surface area (Å²) in [4.78, 5) is 10.9. The number of carbonyl (C=O) groups excluding carboxylic acids is 1. The van der Waals surface area contributed by atoms with E-state index in [1.54, 1.807) is 0 Å². The zero-order valence-electron chi connectivity index (χ0n) is 5.23. The fraction of sp³-hybridized carbons (Fsp3) is 0.857. The van der Waals surface area contributed by atoms with Crippen LogP contribution < -0.4 is 0 Å². The molecule has 2 bridgehead atoms. The molecule has 10 heavy (non-hydrogen) atoms. The van der Waals surface area contributed by atoms with Crippen molar-refractivity contribution in [1.82, 2.24) is 0 Å². The van der Waals surface area contributed by atoms with Crippen LogP contribution in [0.2, 0.25) is 0 Å². The van der Waals surface area contributed by atoms with Crippen molar-refractivity contribution < 1.29 is 4.79 Å². The lowest BCUT2D eigenvalue weighted by Gasteiger charge is -2.31. The molecule has 4 aliphatic carbocycles. The van der Waals surface area contributed by atoms with Gasteiger partial charge in [-0.25, -0.2) is 0 Å². The van der Waals surface area contributed by atoms with E-state index >= 15 is 0 Å². The predicted octanol–water partition coefficient (Wildman–Crippen LogP) is 1.28. The molecule has 3 heteroatoms. The van der Waals surface area contributed by atoms with Crippen LogP contribution >= 0.6 is 23.2 Å². The Morgan fingerprint density at radius 1 is 1.20 bits per heavy atom. The lowest BCUT2D eigenvalue weighted by atomic mass is 9.71. The Hall–Kier alpha value is 0.250. The summed E-state index contributed by atoms with van der Waals surface area (Å²) in [6.07, 6.45) is 0. The Morgan fingerprint density at radius 3 is 1.70 bits per heavy atom. The highest BCUT2D eigenvalue weighted by Crippen LogP contribution is 3.03. The molecular formula is C7H6Cl2O. The third-order valence-corrected chi connectivity index (χ3v) is 4.66. The Balaban J connectivity index is 1.97. The van der Waals surface area contributed by atoms with Crippen LogP contribution in [0.25, 0.3) is 0 Å². The summed E-state index contributed by atoms with van der Waals surface area (Å²) in [5, 5.41) is 0. The van der Waals surface area contributed by atoms with Crippen LogP contribution in [-0.2, 0) is 4.79 Å². The average Bonchev–Trinajstić information content (AvgIpc) is 2.64. The van der Waals surface area contributed by atoms with Crippen LogP contribution in [0.15, 0.2) is 0 Å². The second-order valence-electron chi connectivity index (χ2n) is 3.62. The molecule has 0 saturated heterocycles. The highest BCUT2D eigenvalue weighted by atomic mass is 35.5. The van der Waals surface area contributed by atoms with Crippen molar-refractivity contribution in [2.24, 2.45) is 22.7 Å². The summed E-state index contributed by atoms with van der Waals surface area (Å²) in [5.41, 5.74) is 0.431. The minimum absolute atomic E-state index is 0.216. The van der Waals surface area contributed by atoms with E-state index in [0.29, 0.717) is 17.5 Å². The van der Waals surface area contributed by atoms with Crippen molar-refractivity contribution in [3.8, 4) is 0 Å².